The van der Waals surface area contributed by atoms with Crippen molar-refractivity contribution in [2.24, 2.45) is 0 Å². The van der Waals surface area contributed by atoms with Gasteiger partial charge in [-0.1, -0.05) is 102 Å². The molecule has 8 heteroatoms. The summed E-state index contributed by atoms with van der Waals surface area (Å²) in [6.07, 6.45) is 33.3. The summed E-state index contributed by atoms with van der Waals surface area (Å²) in [5, 5.41) is 9.57. The molecule has 0 radical (unpaired) electrons. The first kappa shape index (κ1) is 45.6. The summed E-state index contributed by atoms with van der Waals surface area (Å²) in [7, 11) is 5.50. The number of unbranched alkanes of at least 4 members (excludes halogenated alkanes) is 13. The number of hydrogen-bond donors (Lipinski definition) is 1. The zero-order valence-corrected chi connectivity index (χ0v) is 31.4. The standard InChI is InChI=1S/C40H71NO7/c1-6-8-10-12-14-16-18-20-22-24-26-28-30-38(42)47-35-36(34-46-33-32-37(40(44)45)41(3,4)5)48-39(43)31-29-27-25-23-21-19-17-15-13-11-9-7-2/h8,10,14-17,36-37H,6-7,9,11-13,18-35H2,1-5H3/p+1/b10-8+,16-14+,17-15+. The largest absolute Gasteiger partial charge is 0.477 e. The van der Waals surface area contributed by atoms with Crippen LogP contribution < -0.4 is 0 Å². The van der Waals surface area contributed by atoms with Crippen molar-refractivity contribution in [2.75, 3.05) is 41.0 Å². The van der Waals surface area contributed by atoms with Crippen LogP contribution in [-0.4, -0.2) is 80.6 Å². The average Bonchev–Trinajstić information content (AvgIpc) is 3.03. The van der Waals surface area contributed by atoms with Crippen molar-refractivity contribution in [1.29, 1.82) is 0 Å². The van der Waals surface area contributed by atoms with E-state index in [0.29, 0.717) is 19.3 Å². The molecule has 278 valence electrons. The quantitative estimate of drug-likeness (QED) is 0.0319. The maximum Gasteiger partial charge on any atom is 0.362 e. The Bertz CT molecular complexity index is 891. The minimum atomic E-state index is -0.880. The van der Waals surface area contributed by atoms with Gasteiger partial charge in [-0.15, -0.1) is 0 Å². The van der Waals surface area contributed by atoms with Crippen molar-refractivity contribution in [1.82, 2.24) is 0 Å². The molecular weight excluding hydrogens is 606 g/mol. The van der Waals surface area contributed by atoms with Gasteiger partial charge in [0.15, 0.2) is 12.1 Å². The fourth-order valence-electron chi connectivity index (χ4n) is 5.30. The molecule has 0 aromatic rings. The summed E-state index contributed by atoms with van der Waals surface area (Å²) in [4.78, 5) is 36.7. The molecule has 1 N–H and O–H groups in total. The third kappa shape index (κ3) is 29.7. The van der Waals surface area contributed by atoms with Crippen molar-refractivity contribution in [2.45, 2.75) is 161 Å². The molecule has 0 spiro atoms. The number of likely N-dealkylation sites (N-methyl/N-ethyl adjacent to an activating group) is 1. The monoisotopic (exact) mass is 679 g/mol. The van der Waals surface area contributed by atoms with Gasteiger partial charge in [0.25, 0.3) is 0 Å². The predicted molar refractivity (Wildman–Crippen MR) is 197 cm³/mol. The van der Waals surface area contributed by atoms with Gasteiger partial charge >= 0.3 is 17.9 Å². The lowest BCUT2D eigenvalue weighted by atomic mass is 10.1. The molecule has 0 saturated carbocycles. The topological polar surface area (TPSA) is 99.1 Å². The molecule has 8 nitrogen and oxygen atoms in total. The Balaban J connectivity index is 4.46. The van der Waals surface area contributed by atoms with Gasteiger partial charge in [0, 0.05) is 19.3 Å². The van der Waals surface area contributed by atoms with E-state index in [2.05, 4.69) is 50.3 Å². The number of esters is 2. The van der Waals surface area contributed by atoms with Crippen LogP contribution in [-0.2, 0) is 28.6 Å². The smallest absolute Gasteiger partial charge is 0.362 e. The van der Waals surface area contributed by atoms with E-state index in [1.165, 1.54) is 32.1 Å². The molecule has 0 fully saturated rings. The van der Waals surface area contributed by atoms with Crippen molar-refractivity contribution >= 4 is 17.9 Å². The van der Waals surface area contributed by atoms with E-state index in [-0.39, 0.29) is 36.2 Å². The Morgan fingerprint density at radius 3 is 1.73 bits per heavy atom. The van der Waals surface area contributed by atoms with Crippen LogP contribution in [0.3, 0.4) is 0 Å². The van der Waals surface area contributed by atoms with E-state index >= 15 is 0 Å². The Hall–Kier alpha value is -2.45. The molecule has 0 aliphatic heterocycles. The number of nitrogens with zero attached hydrogens (tertiary/aromatic N) is 1. The van der Waals surface area contributed by atoms with E-state index in [1.807, 2.05) is 21.1 Å². The van der Waals surface area contributed by atoms with Gasteiger partial charge < -0.3 is 23.8 Å². The summed E-state index contributed by atoms with van der Waals surface area (Å²) in [6.45, 7) is 4.56. The highest BCUT2D eigenvalue weighted by molar-refractivity contribution is 5.72. The number of quaternary nitrogens is 1. The summed E-state index contributed by atoms with van der Waals surface area (Å²) in [6, 6.07) is -0.616. The number of hydrogen-bond acceptors (Lipinski definition) is 6. The molecular formula is C40H72NO7+. The van der Waals surface area contributed by atoms with Gasteiger partial charge in [0.05, 0.1) is 34.4 Å². The molecule has 48 heavy (non-hydrogen) atoms. The first-order chi connectivity index (χ1) is 23.1. The van der Waals surface area contributed by atoms with Gasteiger partial charge in [0.2, 0.25) is 0 Å². The highest BCUT2D eigenvalue weighted by Gasteiger charge is 2.31. The number of carboxylic acid groups (broad SMARTS) is 1. The van der Waals surface area contributed by atoms with Gasteiger partial charge in [-0.05, 0) is 64.2 Å². The lowest BCUT2D eigenvalue weighted by molar-refractivity contribution is -0.887. The second-order valence-corrected chi connectivity index (χ2v) is 13.8. The van der Waals surface area contributed by atoms with Crippen LogP contribution in [0.15, 0.2) is 36.5 Å². The van der Waals surface area contributed by atoms with Crippen molar-refractivity contribution in [3.63, 3.8) is 0 Å². The van der Waals surface area contributed by atoms with E-state index in [0.717, 1.165) is 83.5 Å². The molecule has 0 amide bonds. The number of allylic oxidation sites excluding steroid dienone is 6. The molecule has 0 heterocycles. The van der Waals surface area contributed by atoms with Crippen LogP contribution in [0, 0.1) is 0 Å². The maximum absolute atomic E-state index is 12.6. The number of carboxylic acids is 1. The lowest BCUT2D eigenvalue weighted by Gasteiger charge is -2.31. The molecule has 2 unspecified atom stereocenters. The van der Waals surface area contributed by atoms with Crippen LogP contribution in [0.25, 0.3) is 0 Å². The van der Waals surface area contributed by atoms with Crippen LogP contribution >= 0.6 is 0 Å². The van der Waals surface area contributed by atoms with Crippen LogP contribution in [0.4, 0.5) is 0 Å². The van der Waals surface area contributed by atoms with Crippen molar-refractivity contribution in [3.05, 3.63) is 36.5 Å². The number of ether oxygens (including phenoxy) is 3. The minimum Gasteiger partial charge on any atom is -0.477 e. The van der Waals surface area contributed by atoms with Crippen molar-refractivity contribution in [3.8, 4) is 0 Å². The van der Waals surface area contributed by atoms with Gasteiger partial charge in [-0.3, -0.25) is 9.59 Å². The van der Waals surface area contributed by atoms with Crippen LogP contribution in [0.5, 0.6) is 0 Å². The fraction of sp³-hybridized carbons (Fsp3) is 0.775. The number of rotatable bonds is 33. The molecule has 0 aliphatic rings. The van der Waals surface area contributed by atoms with E-state index in [9.17, 15) is 19.5 Å². The number of carbonyl (C=O) groups excluding carboxylic acids is 2. The Kier molecular flexibility index (Phi) is 30.2. The lowest BCUT2D eigenvalue weighted by Crippen LogP contribution is -2.50. The zero-order valence-electron chi connectivity index (χ0n) is 31.4. The zero-order chi connectivity index (χ0) is 35.7. The van der Waals surface area contributed by atoms with Gasteiger partial charge in [0.1, 0.15) is 6.61 Å². The summed E-state index contributed by atoms with van der Waals surface area (Å²) in [5.74, 6) is -1.50. The fourth-order valence-corrected chi connectivity index (χ4v) is 5.30. The second kappa shape index (κ2) is 31.8. The highest BCUT2D eigenvalue weighted by atomic mass is 16.6. The predicted octanol–water partition coefficient (Wildman–Crippen LogP) is 9.52. The summed E-state index contributed by atoms with van der Waals surface area (Å²) >= 11 is 0. The number of aliphatic carboxylic acids is 1. The third-order valence-electron chi connectivity index (χ3n) is 8.27. The minimum absolute atomic E-state index is 0.0534. The molecule has 0 aromatic heterocycles. The van der Waals surface area contributed by atoms with E-state index in [4.69, 9.17) is 14.2 Å². The van der Waals surface area contributed by atoms with E-state index < -0.39 is 18.1 Å². The molecule has 0 rings (SSSR count). The first-order valence-electron chi connectivity index (χ1n) is 19.0. The number of carbonyl (C=O) groups is 3. The normalized spacial score (nSPS) is 13.4. The average molecular weight is 679 g/mol. The Labute approximate surface area is 293 Å². The maximum atomic E-state index is 12.6. The Morgan fingerprint density at radius 2 is 1.17 bits per heavy atom. The second-order valence-electron chi connectivity index (χ2n) is 13.8. The SMILES string of the molecule is CC/C=C/C/C=C/CCCCCCCC(=O)OCC(COCCC(C(=O)O)[N+](C)(C)C)OC(=O)CCCCCCC/C=C/CCCCC. The van der Waals surface area contributed by atoms with Crippen LogP contribution in [0.1, 0.15) is 149 Å². The van der Waals surface area contributed by atoms with Crippen LogP contribution in [0.2, 0.25) is 0 Å². The summed E-state index contributed by atoms with van der Waals surface area (Å²) in [5.41, 5.74) is 0. The van der Waals surface area contributed by atoms with Gasteiger partial charge in [-0.25, -0.2) is 4.79 Å². The third-order valence-corrected chi connectivity index (χ3v) is 8.27. The van der Waals surface area contributed by atoms with Gasteiger partial charge in [-0.2, -0.15) is 0 Å². The first-order valence-corrected chi connectivity index (χ1v) is 19.0. The molecule has 0 bridgehead atoms. The molecule has 0 saturated heterocycles. The molecule has 2 atom stereocenters. The molecule has 0 aromatic carbocycles. The van der Waals surface area contributed by atoms with Crippen molar-refractivity contribution < 1.29 is 38.2 Å². The highest BCUT2D eigenvalue weighted by Crippen LogP contribution is 2.13. The molecule has 0 aliphatic carbocycles. The summed E-state index contributed by atoms with van der Waals surface area (Å²) < 4.78 is 17.2. The Morgan fingerprint density at radius 1 is 0.646 bits per heavy atom. The van der Waals surface area contributed by atoms with E-state index in [1.54, 1.807) is 0 Å².